The van der Waals surface area contributed by atoms with Gasteiger partial charge in [-0.2, -0.15) is 5.10 Å². The summed E-state index contributed by atoms with van der Waals surface area (Å²) in [5, 5.41) is 6.93. The van der Waals surface area contributed by atoms with Crippen LogP contribution >= 0.6 is 31.9 Å². The van der Waals surface area contributed by atoms with Crippen LogP contribution in [0.25, 0.3) is 0 Å². The van der Waals surface area contributed by atoms with Crippen LogP contribution in [0.15, 0.2) is 62.6 Å². The smallest absolute Gasteiger partial charge is 0.259 e. The van der Waals surface area contributed by atoms with Gasteiger partial charge in [-0.25, -0.2) is 5.43 Å². The summed E-state index contributed by atoms with van der Waals surface area (Å²) < 4.78 is 1.96. The van der Waals surface area contributed by atoms with E-state index in [0.717, 1.165) is 20.2 Å². The minimum absolute atomic E-state index is 0.161. The molecule has 2 aromatic carbocycles. The van der Waals surface area contributed by atoms with Crippen molar-refractivity contribution in [3.05, 3.63) is 63.0 Å². The Kier molecular flexibility index (Phi) is 5.95. The van der Waals surface area contributed by atoms with Crippen LogP contribution in [0.3, 0.4) is 0 Å². The first-order valence-corrected chi connectivity index (χ1v) is 7.79. The maximum absolute atomic E-state index is 11.6. The highest BCUT2D eigenvalue weighted by Gasteiger charge is 1.99. The van der Waals surface area contributed by atoms with Crippen molar-refractivity contribution in [2.75, 3.05) is 11.9 Å². The Morgan fingerprint density at radius 3 is 2.57 bits per heavy atom. The lowest BCUT2D eigenvalue weighted by atomic mass is 10.2. The zero-order chi connectivity index (χ0) is 15.1. The molecule has 0 saturated heterocycles. The molecular formula is C15H13Br2N3O. The molecule has 4 nitrogen and oxygen atoms in total. The first-order valence-electron chi connectivity index (χ1n) is 6.20. The Morgan fingerprint density at radius 2 is 1.86 bits per heavy atom. The molecule has 0 bridgehead atoms. The summed E-state index contributed by atoms with van der Waals surface area (Å²) in [5.74, 6) is -0.205. The van der Waals surface area contributed by atoms with E-state index >= 15 is 0 Å². The van der Waals surface area contributed by atoms with E-state index in [1.807, 2.05) is 48.5 Å². The van der Waals surface area contributed by atoms with Gasteiger partial charge in [0.2, 0.25) is 0 Å². The molecule has 2 aromatic rings. The van der Waals surface area contributed by atoms with Crippen molar-refractivity contribution < 1.29 is 4.79 Å². The van der Waals surface area contributed by atoms with E-state index in [1.165, 1.54) is 0 Å². The number of carbonyl (C=O) groups excluding carboxylic acids is 1. The quantitative estimate of drug-likeness (QED) is 0.582. The second kappa shape index (κ2) is 7.95. The summed E-state index contributed by atoms with van der Waals surface area (Å²) in [5.41, 5.74) is 4.26. The van der Waals surface area contributed by atoms with E-state index in [-0.39, 0.29) is 12.5 Å². The number of hydrogen-bond donors (Lipinski definition) is 2. The number of nitrogens with zero attached hydrogens (tertiary/aromatic N) is 1. The average Bonchev–Trinajstić information content (AvgIpc) is 2.47. The van der Waals surface area contributed by atoms with Crippen molar-refractivity contribution in [1.29, 1.82) is 0 Å². The second-order valence-corrected chi connectivity index (χ2v) is 6.04. The number of halogens is 2. The third-order valence-corrected chi connectivity index (χ3v) is 3.57. The number of rotatable bonds is 5. The van der Waals surface area contributed by atoms with Gasteiger partial charge in [-0.15, -0.1) is 0 Å². The van der Waals surface area contributed by atoms with Gasteiger partial charge in [0, 0.05) is 14.6 Å². The normalized spacial score (nSPS) is 10.6. The molecule has 2 rings (SSSR count). The second-order valence-electron chi connectivity index (χ2n) is 4.21. The number of hydrogen-bond acceptors (Lipinski definition) is 3. The minimum atomic E-state index is -0.205. The molecule has 0 aromatic heterocycles. The van der Waals surface area contributed by atoms with Gasteiger partial charge in [-0.3, -0.25) is 4.79 Å². The molecule has 0 heterocycles. The van der Waals surface area contributed by atoms with Crippen LogP contribution < -0.4 is 10.7 Å². The molecule has 2 N–H and O–H groups in total. The summed E-state index contributed by atoms with van der Waals surface area (Å²) in [6.07, 6.45) is 1.60. The van der Waals surface area contributed by atoms with Gasteiger partial charge in [0.1, 0.15) is 0 Å². The van der Waals surface area contributed by atoms with Gasteiger partial charge >= 0.3 is 0 Å². The fourth-order valence-corrected chi connectivity index (χ4v) is 2.21. The lowest BCUT2D eigenvalue weighted by Crippen LogP contribution is -2.25. The molecule has 108 valence electrons. The molecule has 0 aliphatic rings. The van der Waals surface area contributed by atoms with E-state index in [9.17, 15) is 4.79 Å². The van der Waals surface area contributed by atoms with Gasteiger partial charge in [0.05, 0.1) is 12.8 Å². The molecule has 0 aliphatic carbocycles. The van der Waals surface area contributed by atoms with E-state index in [0.29, 0.717) is 0 Å². The fourth-order valence-electron chi connectivity index (χ4n) is 1.55. The molecule has 1 amide bonds. The lowest BCUT2D eigenvalue weighted by molar-refractivity contribution is -0.119. The van der Waals surface area contributed by atoms with E-state index in [4.69, 9.17) is 0 Å². The zero-order valence-corrected chi connectivity index (χ0v) is 14.2. The van der Waals surface area contributed by atoms with Crippen LogP contribution in [-0.4, -0.2) is 18.7 Å². The van der Waals surface area contributed by atoms with Gasteiger partial charge < -0.3 is 5.32 Å². The average molecular weight is 411 g/mol. The third-order valence-electron chi connectivity index (χ3n) is 2.55. The highest BCUT2D eigenvalue weighted by atomic mass is 79.9. The molecule has 0 fully saturated rings. The number of carbonyl (C=O) groups is 1. The highest BCUT2D eigenvalue weighted by Crippen LogP contribution is 2.15. The fraction of sp³-hybridized carbons (Fsp3) is 0.0667. The summed E-state index contributed by atoms with van der Waals surface area (Å²) >= 11 is 6.73. The standard InChI is InChI=1S/C15H13Br2N3O/c16-12-6-4-11(5-7-12)9-19-20-15(21)10-18-14-3-1-2-13(17)8-14/h1-9,18H,10H2,(H,20,21)/b19-9-. The minimum Gasteiger partial charge on any atom is -0.376 e. The third kappa shape index (κ3) is 5.69. The SMILES string of the molecule is O=C(CNc1cccc(Br)c1)N/N=C\c1ccc(Br)cc1. The van der Waals surface area contributed by atoms with E-state index in [1.54, 1.807) is 6.21 Å². The Morgan fingerprint density at radius 1 is 1.10 bits per heavy atom. The van der Waals surface area contributed by atoms with Crippen LogP contribution in [0, 0.1) is 0 Å². The number of hydrazone groups is 1. The predicted octanol–water partition coefficient (Wildman–Crippen LogP) is 3.77. The highest BCUT2D eigenvalue weighted by molar-refractivity contribution is 9.10. The maximum atomic E-state index is 11.6. The summed E-state index contributed by atoms with van der Waals surface area (Å²) in [4.78, 5) is 11.6. The van der Waals surface area contributed by atoms with Gasteiger partial charge in [-0.1, -0.05) is 50.1 Å². The molecule has 6 heteroatoms. The van der Waals surface area contributed by atoms with Gasteiger partial charge in [-0.05, 0) is 35.9 Å². The molecule has 0 saturated carbocycles. The van der Waals surface area contributed by atoms with Crippen molar-refractivity contribution >= 4 is 49.7 Å². The number of anilines is 1. The monoisotopic (exact) mass is 409 g/mol. The van der Waals surface area contributed by atoms with Crippen molar-refractivity contribution in [2.24, 2.45) is 5.10 Å². The van der Waals surface area contributed by atoms with Gasteiger partial charge in [0.15, 0.2) is 0 Å². The van der Waals surface area contributed by atoms with Crippen LogP contribution in [0.4, 0.5) is 5.69 Å². The van der Waals surface area contributed by atoms with Crippen molar-refractivity contribution in [2.45, 2.75) is 0 Å². The number of amides is 1. The predicted molar refractivity (Wildman–Crippen MR) is 92.5 cm³/mol. The molecule has 0 radical (unpaired) electrons. The van der Waals surface area contributed by atoms with Crippen molar-refractivity contribution in [3.63, 3.8) is 0 Å². The lowest BCUT2D eigenvalue weighted by Gasteiger charge is -2.05. The molecule has 0 aliphatic heterocycles. The Hall–Kier alpha value is -1.66. The van der Waals surface area contributed by atoms with Crippen LogP contribution in [-0.2, 0) is 4.79 Å². The first kappa shape index (κ1) is 15.7. The summed E-state index contributed by atoms with van der Waals surface area (Å²) in [6.45, 7) is 0.161. The molecule has 0 unspecified atom stereocenters. The molecule has 0 atom stereocenters. The van der Waals surface area contributed by atoms with Crippen LogP contribution in [0.2, 0.25) is 0 Å². The Balaban J connectivity index is 1.78. The first-order chi connectivity index (χ1) is 10.1. The zero-order valence-electron chi connectivity index (χ0n) is 11.0. The maximum Gasteiger partial charge on any atom is 0.259 e. The number of benzene rings is 2. The van der Waals surface area contributed by atoms with Crippen LogP contribution in [0.1, 0.15) is 5.56 Å². The van der Waals surface area contributed by atoms with Crippen molar-refractivity contribution in [3.8, 4) is 0 Å². The molecule has 21 heavy (non-hydrogen) atoms. The Bertz CT molecular complexity index is 642. The summed E-state index contributed by atoms with van der Waals surface area (Å²) in [6, 6.07) is 15.3. The number of nitrogens with one attached hydrogen (secondary N) is 2. The van der Waals surface area contributed by atoms with Gasteiger partial charge in [0.25, 0.3) is 5.91 Å². The Labute approximate surface area is 139 Å². The van der Waals surface area contributed by atoms with E-state index in [2.05, 4.69) is 47.7 Å². The largest absolute Gasteiger partial charge is 0.376 e. The van der Waals surface area contributed by atoms with Crippen LogP contribution in [0.5, 0.6) is 0 Å². The van der Waals surface area contributed by atoms with E-state index < -0.39 is 0 Å². The molecule has 0 spiro atoms. The van der Waals surface area contributed by atoms with Crippen molar-refractivity contribution in [1.82, 2.24) is 5.43 Å². The molecular weight excluding hydrogens is 398 g/mol. The summed E-state index contributed by atoms with van der Waals surface area (Å²) in [7, 11) is 0. The topological polar surface area (TPSA) is 53.5 Å².